The minimum absolute atomic E-state index is 0.175. The van der Waals surface area contributed by atoms with Gasteiger partial charge in [-0.3, -0.25) is 4.79 Å². The lowest BCUT2D eigenvalue weighted by Crippen LogP contribution is -2.27. The molecule has 1 saturated carbocycles. The van der Waals surface area contributed by atoms with Gasteiger partial charge in [0.15, 0.2) is 5.78 Å². The molecule has 1 aliphatic rings. The first-order chi connectivity index (χ1) is 7.33. The summed E-state index contributed by atoms with van der Waals surface area (Å²) >= 11 is 0. The fraction of sp³-hybridized carbons (Fsp3) is 0.727. The molecular formula is C11H17N3O. The van der Waals surface area contributed by atoms with Crippen molar-refractivity contribution in [3.8, 4) is 0 Å². The van der Waals surface area contributed by atoms with Crippen molar-refractivity contribution in [2.24, 2.45) is 11.8 Å². The minimum Gasteiger partial charge on any atom is -0.292 e. The molecule has 0 bridgehead atoms. The number of H-pyrrole nitrogens is 1. The number of carbonyl (C=O) groups is 1. The number of Topliss-reactive ketones (excluding diaryl/α,β-unsaturated/α-hetero) is 1. The zero-order valence-electron chi connectivity index (χ0n) is 9.07. The molecule has 0 amide bonds. The van der Waals surface area contributed by atoms with E-state index in [1.165, 1.54) is 25.5 Å². The fourth-order valence-electron chi connectivity index (χ4n) is 2.55. The van der Waals surface area contributed by atoms with Gasteiger partial charge in [-0.1, -0.05) is 26.2 Å². The van der Waals surface area contributed by atoms with Gasteiger partial charge in [-0.2, -0.15) is 15.4 Å². The average Bonchev–Trinajstić information content (AvgIpc) is 2.81. The Morgan fingerprint density at radius 2 is 2.33 bits per heavy atom. The third kappa shape index (κ3) is 2.08. The van der Waals surface area contributed by atoms with Gasteiger partial charge in [0.05, 0.1) is 6.20 Å². The van der Waals surface area contributed by atoms with E-state index >= 15 is 0 Å². The quantitative estimate of drug-likeness (QED) is 0.773. The molecule has 0 aromatic carbocycles. The molecule has 1 aromatic rings. The van der Waals surface area contributed by atoms with Crippen molar-refractivity contribution in [1.29, 1.82) is 0 Å². The van der Waals surface area contributed by atoms with E-state index in [2.05, 4.69) is 22.3 Å². The van der Waals surface area contributed by atoms with Crippen LogP contribution in [-0.4, -0.2) is 21.2 Å². The van der Waals surface area contributed by atoms with Gasteiger partial charge in [0.1, 0.15) is 5.69 Å². The number of rotatable bonds is 3. The number of hydrogen-bond acceptors (Lipinski definition) is 3. The molecule has 2 unspecified atom stereocenters. The van der Waals surface area contributed by atoms with Crippen molar-refractivity contribution in [1.82, 2.24) is 15.4 Å². The van der Waals surface area contributed by atoms with Crippen LogP contribution in [0.5, 0.6) is 0 Å². The van der Waals surface area contributed by atoms with Gasteiger partial charge < -0.3 is 0 Å². The molecule has 4 heteroatoms. The molecule has 15 heavy (non-hydrogen) atoms. The van der Waals surface area contributed by atoms with Crippen molar-refractivity contribution >= 4 is 5.78 Å². The number of aromatic nitrogens is 3. The van der Waals surface area contributed by atoms with Crippen LogP contribution in [0.2, 0.25) is 0 Å². The van der Waals surface area contributed by atoms with E-state index < -0.39 is 0 Å². The van der Waals surface area contributed by atoms with Crippen LogP contribution >= 0.6 is 0 Å². The third-order valence-electron chi connectivity index (χ3n) is 3.44. The van der Waals surface area contributed by atoms with E-state index in [-0.39, 0.29) is 11.7 Å². The van der Waals surface area contributed by atoms with Crippen molar-refractivity contribution in [2.75, 3.05) is 0 Å². The molecule has 0 spiro atoms. The van der Waals surface area contributed by atoms with E-state index in [9.17, 15) is 4.79 Å². The average molecular weight is 207 g/mol. The van der Waals surface area contributed by atoms with Crippen molar-refractivity contribution < 1.29 is 4.79 Å². The van der Waals surface area contributed by atoms with Gasteiger partial charge in [0.2, 0.25) is 0 Å². The smallest absolute Gasteiger partial charge is 0.188 e. The monoisotopic (exact) mass is 207 g/mol. The Morgan fingerprint density at radius 1 is 1.53 bits per heavy atom. The van der Waals surface area contributed by atoms with Crippen LogP contribution in [0, 0.1) is 11.8 Å². The number of hydrogen-bond donors (Lipinski definition) is 1. The Labute approximate surface area is 89.5 Å². The summed E-state index contributed by atoms with van der Waals surface area (Å²) in [5.41, 5.74) is 0.500. The summed E-state index contributed by atoms with van der Waals surface area (Å²) < 4.78 is 0. The molecule has 1 fully saturated rings. The largest absolute Gasteiger partial charge is 0.292 e. The highest BCUT2D eigenvalue weighted by molar-refractivity contribution is 5.95. The number of aromatic amines is 1. The van der Waals surface area contributed by atoms with E-state index in [1.54, 1.807) is 0 Å². The molecule has 1 aromatic heterocycles. The zero-order valence-corrected chi connectivity index (χ0v) is 9.07. The van der Waals surface area contributed by atoms with Crippen LogP contribution in [0.25, 0.3) is 0 Å². The van der Waals surface area contributed by atoms with E-state index in [4.69, 9.17) is 0 Å². The molecule has 0 saturated heterocycles. The number of nitrogens with one attached hydrogen (secondary N) is 1. The molecule has 1 aliphatic carbocycles. The lowest BCUT2D eigenvalue weighted by Gasteiger charge is -2.28. The Bertz CT molecular complexity index is 321. The summed E-state index contributed by atoms with van der Waals surface area (Å²) in [5.74, 6) is 0.895. The van der Waals surface area contributed by atoms with Gasteiger partial charge in [0.25, 0.3) is 0 Å². The summed E-state index contributed by atoms with van der Waals surface area (Å²) in [6, 6.07) is 0. The maximum absolute atomic E-state index is 12.1. The van der Waals surface area contributed by atoms with E-state index in [1.807, 2.05) is 0 Å². The van der Waals surface area contributed by atoms with Crippen molar-refractivity contribution in [3.05, 3.63) is 11.9 Å². The first kappa shape index (κ1) is 10.3. The second-order valence-electron chi connectivity index (χ2n) is 4.28. The van der Waals surface area contributed by atoms with Crippen LogP contribution in [0.3, 0.4) is 0 Å². The highest BCUT2D eigenvalue weighted by Gasteiger charge is 2.31. The zero-order chi connectivity index (χ0) is 10.7. The second kappa shape index (κ2) is 4.55. The van der Waals surface area contributed by atoms with Gasteiger partial charge in [-0.05, 0) is 18.8 Å². The maximum Gasteiger partial charge on any atom is 0.188 e. The first-order valence-electron chi connectivity index (χ1n) is 5.73. The molecule has 2 rings (SSSR count). The second-order valence-corrected chi connectivity index (χ2v) is 4.28. The lowest BCUT2D eigenvalue weighted by atomic mass is 9.75. The Morgan fingerprint density at radius 3 is 3.00 bits per heavy atom. The lowest BCUT2D eigenvalue weighted by molar-refractivity contribution is 0.0815. The highest BCUT2D eigenvalue weighted by Crippen LogP contribution is 2.33. The van der Waals surface area contributed by atoms with Crippen LogP contribution in [0.4, 0.5) is 0 Å². The maximum atomic E-state index is 12.1. The molecular weight excluding hydrogens is 190 g/mol. The molecule has 0 aliphatic heterocycles. The van der Waals surface area contributed by atoms with Gasteiger partial charge in [-0.15, -0.1) is 0 Å². The molecule has 82 valence electrons. The van der Waals surface area contributed by atoms with Crippen LogP contribution in [0.1, 0.15) is 49.5 Å². The third-order valence-corrected chi connectivity index (χ3v) is 3.44. The van der Waals surface area contributed by atoms with Crippen molar-refractivity contribution in [2.45, 2.75) is 39.0 Å². The topological polar surface area (TPSA) is 58.6 Å². The van der Waals surface area contributed by atoms with Crippen LogP contribution < -0.4 is 0 Å². The van der Waals surface area contributed by atoms with Crippen LogP contribution in [-0.2, 0) is 0 Å². The Hall–Kier alpha value is -1.19. The number of nitrogens with zero attached hydrogens (tertiary/aromatic N) is 2. The Balaban J connectivity index is 2.11. The van der Waals surface area contributed by atoms with Crippen LogP contribution in [0.15, 0.2) is 6.20 Å². The molecule has 1 heterocycles. The van der Waals surface area contributed by atoms with E-state index in [0.29, 0.717) is 11.6 Å². The molecule has 2 atom stereocenters. The predicted molar refractivity (Wildman–Crippen MR) is 56.5 cm³/mol. The summed E-state index contributed by atoms with van der Waals surface area (Å²) in [6.07, 6.45) is 7.26. The molecule has 4 nitrogen and oxygen atoms in total. The fourth-order valence-corrected chi connectivity index (χ4v) is 2.55. The standard InChI is InChI=1S/C11H17N3O/c1-2-8-5-3-4-6-9(8)11(15)10-7-12-14-13-10/h7-9H,2-6H2,1H3,(H,12,13,14). The first-order valence-corrected chi connectivity index (χ1v) is 5.73. The SMILES string of the molecule is CCC1CCCCC1C(=O)c1cn[nH]n1. The minimum atomic E-state index is 0.175. The highest BCUT2D eigenvalue weighted by atomic mass is 16.1. The van der Waals surface area contributed by atoms with Crippen molar-refractivity contribution in [3.63, 3.8) is 0 Å². The summed E-state index contributed by atoms with van der Waals surface area (Å²) in [5, 5.41) is 10.1. The van der Waals surface area contributed by atoms with Gasteiger partial charge in [0, 0.05) is 5.92 Å². The molecule has 0 radical (unpaired) electrons. The number of carbonyl (C=O) groups excluding carboxylic acids is 1. The summed E-state index contributed by atoms with van der Waals surface area (Å²) in [6.45, 7) is 2.17. The molecule has 1 N–H and O–H groups in total. The van der Waals surface area contributed by atoms with E-state index in [0.717, 1.165) is 12.8 Å². The number of ketones is 1. The normalized spacial score (nSPS) is 26.5. The van der Waals surface area contributed by atoms with Gasteiger partial charge >= 0.3 is 0 Å². The predicted octanol–water partition coefficient (Wildman–Crippen LogP) is 2.20. The summed E-state index contributed by atoms with van der Waals surface area (Å²) in [4.78, 5) is 12.1. The Kier molecular flexibility index (Phi) is 3.14. The summed E-state index contributed by atoms with van der Waals surface area (Å²) in [7, 11) is 0. The van der Waals surface area contributed by atoms with Gasteiger partial charge in [-0.25, -0.2) is 0 Å².